The molecule has 1 heterocycles. The van der Waals surface area contributed by atoms with Crippen LogP contribution in [0.4, 0.5) is 5.69 Å². The molecule has 1 aliphatic rings. The first-order valence-electron chi connectivity index (χ1n) is 5.59. The number of fused-ring (bicyclic) bond motifs is 1. The van der Waals surface area contributed by atoms with E-state index in [1.807, 2.05) is 19.1 Å². The monoisotopic (exact) mass is 306 g/mol. The van der Waals surface area contributed by atoms with Gasteiger partial charge in [-0.2, -0.15) is 5.26 Å². The van der Waals surface area contributed by atoms with Gasteiger partial charge in [-0.05, 0) is 31.0 Å². The number of benzene rings is 1. The topological polar surface area (TPSA) is 61.2 Å². The smallest absolute Gasteiger partial charge is 0.299 e. The molecule has 1 aromatic carbocycles. The highest BCUT2D eigenvalue weighted by Gasteiger charge is 2.36. The van der Waals surface area contributed by atoms with Crippen molar-refractivity contribution in [2.75, 3.05) is 11.4 Å². The molecule has 0 saturated heterocycles. The third kappa shape index (κ3) is 2.04. The maximum absolute atomic E-state index is 11.9. The summed E-state index contributed by atoms with van der Waals surface area (Å²) in [5.74, 6) is -0.963. The van der Waals surface area contributed by atoms with E-state index in [-0.39, 0.29) is 0 Å². The number of amides is 1. The molecule has 4 nitrogen and oxygen atoms in total. The van der Waals surface area contributed by atoms with Gasteiger partial charge >= 0.3 is 0 Å². The first-order chi connectivity index (χ1) is 8.56. The van der Waals surface area contributed by atoms with Crippen molar-refractivity contribution in [3.8, 4) is 6.07 Å². The summed E-state index contributed by atoms with van der Waals surface area (Å²) in [4.78, 5) is 25.2. The Morgan fingerprint density at radius 3 is 2.78 bits per heavy atom. The summed E-state index contributed by atoms with van der Waals surface area (Å²) in [5, 5.41) is 8.52. The highest BCUT2D eigenvalue weighted by molar-refractivity contribution is 9.10. The average Bonchev–Trinajstić information content (AvgIpc) is 2.55. The molecule has 0 spiro atoms. The Morgan fingerprint density at radius 2 is 2.11 bits per heavy atom. The van der Waals surface area contributed by atoms with Crippen LogP contribution in [0.1, 0.15) is 28.8 Å². The second kappa shape index (κ2) is 4.91. The fourth-order valence-electron chi connectivity index (χ4n) is 2.14. The Labute approximate surface area is 113 Å². The quantitative estimate of drug-likeness (QED) is 0.637. The molecule has 0 aromatic heterocycles. The van der Waals surface area contributed by atoms with E-state index in [1.54, 1.807) is 6.07 Å². The Balaban J connectivity index is 2.39. The van der Waals surface area contributed by atoms with E-state index in [1.165, 1.54) is 4.90 Å². The summed E-state index contributed by atoms with van der Waals surface area (Å²) in [6.45, 7) is 2.28. The molecule has 5 heteroatoms. The van der Waals surface area contributed by atoms with Gasteiger partial charge in [0, 0.05) is 17.4 Å². The van der Waals surface area contributed by atoms with E-state index in [4.69, 9.17) is 5.26 Å². The van der Waals surface area contributed by atoms with Crippen LogP contribution in [0.25, 0.3) is 0 Å². The van der Waals surface area contributed by atoms with Gasteiger partial charge in [0.2, 0.25) is 0 Å². The standard InChI is InChI=1S/C13H11BrN2O2/c1-8-6-9(14)7-10-11(8)16(5-3-2-4-15)13(18)12(10)17/h6-7H,2-3,5H2,1H3. The largest absolute Gasteiger partial charge is 0.304 e. The van der Waals surface area contributed by atoms with Gasteiger partial charge in [-0.25, -0.2) is 0 Å². The summed E-state index contributed by atoms with van der Waals surface area (Å²) in [6, 6.07) is 5.59. The molecule has 1 aromatic rings. The molecule has 0 atom stereocenters. The molecule has 92 valence electrons. The molecule has 0 unspecified atom stereocenters. The van der Waals surface area contributed by atoms with Crippen LogP contribution < -0.4 is 4.90 Å². The van der Waals surface area contributed by atoms with Crippen molar-refractivity contribution < 1.29 is 9.59 Å². The van der Waals surface area contributed by atoms with Gasteiger partial charge < -0.3 is 4.90 Å². The Kier molecular flexibility index (Phi) is 3.48. The second-order valence-corrected chi connectivity index (χ2v) is 5.08. The van der Waals surface area contributed by atoms with Crippen molar-refractivity contribution in [2.24, 2.45) is 0 Å². The van der Waals surface area contributed by atoms with Crippen LogP contribution in [0.3, 0.4) is 0 Å². The maximum atomic E-state index is 11.9. The summed E-state index contributed by atoms with van der Waals surface area (Å²) in [5.41, 5.74) is 2.02. The summed E-state index contributed by atoms with van der Waals surface area (Å²) < 4.78 is 0.791. The van der Waals surface area contributed by atoms with Crippen LogP contribution in [0, 0.1) is 18.3 Å². The normalized spacial score (nSPS) is 13.7. The first-order valence-corrected chi connectivity index (χ1v) is 6.39. The molecular formula is C13H11BrN2O2. The number of Topliss-reactive ketones (excluding diaryl/α,β-unsaturated/α-hetero) is 1. The van der Waals surface area contributed by atoms with E-state index in [9.17, 15) is 9.59 Å². The minimum absolute atomic E-state index is 0.378. The number of aryl methyl sites for hydroxylation is 1. The summed E-state index contributed by atoms with van der Waals surface area (Å²) in [6.07, 6.45) is 0.952. The zero-order chi connectivity index (χ0) is 13.3. The van der Waals surface area contributed by atoms with Crippen molar-refractivity contribution in [1.82, 2.24) is 0 Å². The van der Waals surface area contributed by atoms with Crippen LogP contribution in [-0.2, 0) is 4.79 Å². The second-order valence-electron chi connectivity index (χ2n) is 4.17. The molecule has 1 amide bonds. The zero-order valence-corrected chi connectivity index (χ0v) is 11.5. The van der Waals surface area contributed by atoms with Gasteiger partial charge in [0.05, 0.1) is 17.3 Å². The van der Waals surface area contributed by atoms with Gasteiger partial charge in [0.25, 0.3) is 11.7 Å². The third-order valence-electron chi connectivity index (χ3n) is 2.89. The Hall–Kier alpha value is -1.67. The number of halogens is 1. The van der Waals surface area contributed by atoms with Crippen LogP contribution in [0.15, 0.2) is 16.6 Å². The van der Waals surface area contributed by atoms with E-state index in [0.29, 0.717) is 30.6 Å². The van der Waals surface area contributed by atoms with Crippen molar-refractivity contribution in [3.63, 3.8) is 0 Å². The predicted molar refractivity (Wildman–Crippen MR) is 70.4 cm³/mol. The van der Waals surface area contributed by atoms with Gasteiger partial charge in [-0.1, -0.05) is 15.9 Å². The Morgan fingerprint density at radius 1 is 1.39 bits per heavy atom. The fourth-order valence-corrected chi connectivity index (χ4v) is 2.71. The minimum atomic E-state index is -0.496. The molecular weight excluding hydrogens is 296 g/mol. The highest BCUT2D eigenvalue weighted by Crippen LogP contribution is 2.35. The minimum Gasteiger partial charge on any atom is -0.304 e. The number of anilines is 1. The van der Waals surface area contributed by atoms with Gasteiger partial charge in [-0.3, -0.25) is 9.59 Å². The predicted octanol–water partition coefficient (Wildman–Crippen LogP) is 2.59. The molecule has 0 radical (unpaired) electrons. The van der Waals surface area contributed by atoms with Crippen LogP contribution in [-0.4, -0.2) is 18.2 Å². The van der Waals surface area contributed by atoms with Gasteiger partial charge in [0.15, 0.2) is 0 Å². The number of ketones is 1. The number of nitriles is 1. The third-order valence-corrected chi connectivity index (χ3v) is 3.35. The number of hydrogen-bond donors (Lipinski definition) is 0. The number of rotatable bonds is 3. The average molecular weight is 307 g/mol. The molecule has 0 bridgehead atoms. The van der Waals surface area contributed by atoms with Crippen molar-refractivity contribution >= 4 is 33.3 Å². The van der Waals surface area contributed by atoms with Crippen LogP contribution >= 0.6 is 15.9 Å². The number of carbonyl (C=O) groups excluding carboxylic acids is 2. The molecule has 0 N–H and O–H groups in total. The van der Waals surface area contributed by atoms with Crippen molar-refractivity contribution in [3.05, 3.63) is 27.7 Å². The lowest BCUT2D eigenvalue weighted by Gasteiger charge is -2.17. The zero-order valence-electron chi connectivity index (χ0n) is 9.86. The lowest BCUT2D eigenvalue weighted by atomic mass is 10.1. The molecule has 18 heavy (non-hydrogen) atoms. The number of nitrogens with zero attached hydrogens (tertiary/aromatic N) is 2. The van der Waals surface area contributed by atoms with Crippen LogP contribution in [0.5, 0.6) is 0 Å². The Bertz CT molecular complexity index is 575. The van der Waals surface area contributed by atoms with Crippen molar-refractivity contribution in [2.45, 2.75) is 19.8 Å². The van der Waals surface area contributed by atoms with E-state index < -0.39 is 11.7 Å². The molecule has 0 aliphatic carbocycles. The molecule has 1 aliphatic heterocycles. The van der Waals surface area contributed by atoms with Gasteiger partial charge in [-0.15, -0.1) is 0 Å². The molecule has 0 saturated carbocycles. The van der Waals surface area contributed by atoms with Crippen molar-refractivity contribution in [1.29, 1.82) is 5.26 Å². The molecule has 0 fully saturated rings. The van der Waals surface area contributed by atoms with E-state index >= 15 is 0 Å². The first kappa shape index (κ1) is 12.8. The summed E-state index contributed by atoms with van der Waals surface area (Å²) in [7, 11) is 0. The SMILES string of the molecule is Cc1cc(Br)cc2c1N(CCCC#N)C(=O)C2=O. The maximum Gasteiger partial charge on any atom is 0.299 e. The van der Waals surface area contributed by atoms with E-state index in [0.717, 1.165) is 10.0 Å². The van der Waals surface area contributed by atoms with Crippen LogP contribution in [0.2, 0.25) is 0 Å². The van der Waals surface area contributed by atoms with E-state index in [2.05, 4.69) is 15.9 Å². The highest BCUT2D eigenvalue weighted by atomic mass is 79.9. The lowest BCUT2D eigenvalue weighted by molar-refractivity contribution is -0.114. The lowest BCUT2D eigenvalue weighted by Crippen LogP contribution is -2.30. The number of unbranched alkanes of at least 4 members (excludes halogenated alkanes) is 1. The number of carbonyl (C=O) groups is 2. The fraction of sp³-hybridized carbons (Fsp3) is 0.308. The summed E-state index contributed by atoms with van der Waals surface area (Å²) >= 11 is 3.32. The number of hydrogen-bond acceptors (Lipinski definition) is 3. The molecule has 2 rings (SSSR count). The van der Waals surface area contributed by atoms with Gasteiger partial charge in [0.1, 0.15) is 0 Å².